The van der Waals surface area contributed by atoms with E-state index >= 15 is 4.39 Å². The maximum Gasteiger partial charge on any atom is 0.239 e. The SMILES string of the molecule is CC(C)Nc1c(F)c(Cl)c(-c2cn3cc(NC(=O)CN(C)C)nc3cn2)c2cn[nH]c12. The van der Waals surface area contributed by atoms with Gasteiger partial charge in [0, 0.05) is 23.2 Å². The van der Waals surface area contributed by atoms with Crippen molar-refractivity contribution in [3.05, 3.63) is 35.6 Å². The number of hydrogen-bond donors (Lipinski definition) is 3. The molecule has 0 spiro atoms. The fraction of sp³-hybridized carbons (Fsp3) is 0.300. The van der Waals surface area contributed by atoms with Crippen LogP contribution in [0.1, 0.15) is 13.8 Å². The first-order valence-corrected chi connectivity index (χ1v) is 10.0. The van der Waals surface area contributed by atoms with Gasteiger partial charge in [0.1, 0.15) is 0 Å². The molecule has 0 bridgehead atoms. The first kappa shape index (κ1) is 21.0. The summed E-state index contributed by atoms with van der Waals surface area (Å²) in [5, 5.41) is 13.3. The molecule has 0 unspecified atom stereocenters. The van der Waals surface area contributed by atoms with E-state index in [9.17, 15) is 4.79 Å². The lowest BCUT2D eigenvalue weighted by Crippen LogP contribution is -2.27. The van der Waals surface area contributed by atoms with Gasteiger partial charge in [-0.2, -0.15) is 5.10 Å². The van der Waals surface area contributed by atoms with Gasteiger partial charge in [-0.15, -0.1) is 0 Å². The zero-order chi connectivity index (χ0) is 22.3. The minimum atomic E-state index is -0.578. The second kappa shape index (κ2) is 8.12. The minimum absolute atomic E-state index is 0.00414. The van der Waals surface area contributed by atoms with Crippen molar-refractivity contribution in [2.75, 3.05) is 31.3 Å². The fourth-order valence-electron chi connectivity index (χ4n) is 3.35. The molecule has 0 radical (unpaired) electrons. The fourth-order valence-corrected chi connectivity index (χ4v) is 3.64. The molecule has 1 aromatic carbocycles. The van der Waals surface area contributed by atoms with E-state index in [-0.39, 0.29) is 29.2 Å². The highest BCUT2D eigenvalue weighted by Gasteiger charge is 2.22. The summed E-state index contributed by atoms with van der Waals surface area (Å²) in [7, 11) is 3.61. The predicted molar refractivity (Wildman–Crippen MR) is 119 cm³/mol. The number of nitrogens with zero attached hydrogens (tertiary/aromatic N) is 5. The van der Waals surface area contributed by atoms with Crippen LogP contribution < -0.4 is 10.6 Å². The number of aromatic nitrogens is 5. The molecule has 0 aliphatic heterocycles. The average molecular weight is 445 g/mol. The molecule has 0 atom stereocenters. The number of aromatic amines is 1. The van der Waals surface area contributed by atoms with Crippen LogP contribution in [0.3, 0.4) is 0 Å². The van der Waals surface area contributed by atoms with Crippen molar-refractivity contribution in [2.24, 2.45) is 0 Å². The Balaban J connectivity index is 1.78. The molecule has 4 aromatic rings. The highest BCUT2D eigenvalue weighted by Crippen LogP contribution is 2.40. The summed E-state index contributed by atoms with van der Waals surface area (Å²) in [5.74, 6) is -0.362. The molecule has 3 heterocycles. The highest BCUT2D eigenvalue weighted by molar-refractivity contribution is 6.35. The third-order valence-electron chi connectivity index (χ3n) is 4.55. The number of carbonyl (C=O) groups is 1. The number of imidazole rings is 1. The van der Waals surface area contributed by atoms with Crippen LogP contribution in [-0.2, 0) is 4.79 Å². The smallest absolute Gasteiger partial charge is 0.239 e. The summed E-state index contributed by atoms with van der Waals surface area (Å²) in [5.41, 5.74) is 2.18. The Morgan fingerprint density at radius 1 is 1.32 bits per heavy atom. The molecular formula is C20H22ClFN8O. The van der Waals surface area contributed by atoms with Gasteiger partial charge in [0.2, 0.25) is 5.91 Å². The number of benzene rings is 1. The predicted octanol–water partition coefficient (Wildman–Crippen LogP) is 3.39. The van der Waals surface area contributed by atoms with Crippen LogP contribution in [0.5, 0.6) is 0 Å². The van der Waals surface area contributed by atoms with Gasteiger partial charge in [-0.05, 0) is 27.9 Å². The molecule has 0 aliphatic rings. The van der Waals surface area contributed by atoms with Crippen LogP contribution in [0, 0.1) is 5.82 Å². The molecule has 162 valence electrons. The molecule has 9 nitrogen and oxygen atoms in total. The lowest BCUT2D eigenvalue weighted by atomic mass is 10.1. The lowest BCUT2D eigenvalue weighted by Gasteiger charge is -2.15. The number of H-pyrrole nitrogens is 1. The second-order valence-corrected chi connectivity index (χ2v) is 8.16. The van der Waals surface area contributed by atoms with E-state index in [2.05, 4.69) is 30.8 Å². The van der Waals surface area contributed by atoms with Crippen molar-refractivity contribution in [3.63, 3.8) is 0 Å². The van der Waals surface area contributed by atoms with Crippen molar-refractivity contribution < 1.29 is 9.18 Å². The van der Waals surface area contributed by atoms with Gasteiger partial charge >= 0.3 is 0 Å². The molecule has 31 heavy (non-hydrogen) atoms. The maximum atomic E-state index is 15.1. The number of anilines is 2. The van der Waals surface area contributed by atoms with Gasteiger partial charge in [0.25, 0.3) is 0 Å². The summed E-state index contributed by atoms with van der Waals surface area (Å²) < 4.78 is 16.8. The van der Waals surface area contributed by atoms with Crippen LogP contribution in [0.2, 0.25) is 5.02 Å². The van der Waals surface area contributed by atoms with E-state index in [1.807, 2.05) is 13.8 Å². The first-order valence-electron chi connectivity index (χ1n) is 9.65. The molecule has 11 heteroatoms. The third kappa shape index (κ3) is 4.04. The summed E-state index contributed by atoms with van der Waals surface area (Å²) >= 11 is 6.44. The number of amides is 1. The third-order valence-corrected chi connectivity index (χ3v) is 4.90. The number of fused-ring (bicyclic) bond motifs is 2. The standard InChI is InChI=1S/C20H22ClFN8O/c1-10(2)25-20-18(22)17(21)16(11-5-24-28-19(11)20)12-7-30-8-13(26-14(30)6-23-12)27-15(31)9-29(3)4/h5-8,10,25H,9H2,1-4H3,(H,24,28)(H,27,31). The molecular weight excluding hydrogens is 423 g/mol. The second-order valence-electron chi connectivity index (χ2n) is 7.79. The normalized spacial score (nSPS) is 11.7. The topological polar surface area (TPSA) is 103 Å². The van der Waals surface area contributed by atoms with Crippen LogP contribution >= 0.6 is 11.6 Å². The number of nitrogens with one attached hydrogen (secondary N) is 3. The molecule has 0 saturated carbocycles. The van der Waals surface area contributed by atoms with Gasteiger partial charge in [0.05, 0.1) is 47.1 Å². The lowest BCUT2D eigenvalue weighted by molar-refractivity contribution is -0.116. The Morgan fingerprint density at radius 3 is 2.81 bits per heavy atom. The Kier molecular flexibility index (Phi) is 5.50. The quantitative estimate of drug-likeness (QED) is 0.421. The number of hydrogen-bond acceptors (Lipinski definition) is 6. The number of carbonyl (C=O) groups excluding carboxylic acids is 1. The zero-order valence-electron chi connectivity index (χ0n) is 17.5. The van der Waals surface area contributed by atoms with Crippen molar-refractivity contribution in [1.82, 2.24) is 29.5 Å². The van der Waals surface area contributed by atoms with E-state index < -0.39 is 5.82 Å². The van der Waals surface area contributed by atoms with Crippen molar-refractivity contribution in [3.8, 4) is 11.3 Å². The molecule has 3 N–H and O–H groups in total. The van der Waals surface area contributed by atoms with Gasteiger partial charge in [-0.25, -0.2) is 9.37 Å². The van der Waals surface area contributed by atoms with Crippen molar-refractivity contribution in [1.29, 1.82) is 0 Å². The molecule has 0 fully saturated rings. The van der Waals surface area contributed by atoms with Gasteiger partial charge < -0.3 is 19.9 Å². The minimum Gasteiger partial charge on any atom is -0.379 e. The molecule has 0 saturated heterocycles. The van der Waals surface area contributed by atoms with Crippen molar-refractivity contribution in [2.45, 2.75) is 19.9 Å². The van der Waals surface area contributed by atoms with Crippen LogP contribution in [0.25, 0.3) is 27.8 Å². The van der Waals surface area contributed by atoms with Gasteiger partial charge in [-0.3, -0.25) is 14.9 Å². The highest BCUT2D eigenvalue weighted by atomic mass is 35.5. The van der Waals surface area contributed by atoms with Crippen LogP contribution in [0.15, 0.2) is 24.8 Å². The molecule has 3 aromatic heterocycles. The molecule has 0 aliphatic carbocycles. The van der Waals surface area contributed by atoms with E-state index in [0.29, 0.717) is 33.6 Å². The van der Waals surface area contributed by atoms with E-state index in [0.717, 1.165) is 0 Å². The van der Waals surface area contributed by atoms with Gasteiger partial charge in [-0.1, -0.05) is 11.6 Å². The van der Waals surface area contributed by atoms with Gasteiger partial charge in [0.15, 0.2) is 17.3 Å². The summed E-state index contributed by atoms with van der Waals surface area (Å²) in [6.45, 7) is 4.06. The van der Waals surface area contributed by atoms with E-state index in [1.54, 1.807) is 42.0 Å². The largest absolute Gasteiger partial charge is 0.379 e. The van der Waals surface area contributed by atoms with Crippen LogP contribution in [0.4, 0.5) is 15.9 Å². The summed E-state index contributed by atoms with van der Waals surface area (Å²) in [6.07, 6.45) is 6.48. The summed E-state index contributed by atoms with van der Waals surface area (Å²) in [4.78, 5) is 22.5. The average Bonchev–Trinajstić information content (AvgIpc) is 3.30. The Hall–Kier alpha value is -3.24. The van der Waals surface area contributed by atoms with Crippen LogP contribution in [-0.4, -0.2) is 62.1 Å². The summed E-state index contributed by atoms with van der Waals surface area (Å²) in [6, 6.07) is 0.00414. The van der Waals surface area contributed by atoms with Crippen molar-refractivity contribution >= 4 is 45.6 Å². The Bertz CT molecular complexity index is 1280. The van der Waals surface area contributed by atoms with E-state index in [4.69, 9.17) is 11.6 Å². The monoisotopic (exact) mass is 444 g/mol. The number of halogens is 2. The number of rotatable bonds is 6. The maximum absolute atomic E-state index is 15.1. The Labute approximate surface area is 182 Å². The number of likely N-dealkylation sites (N-methyl/N-ethyl adjacent to an activating group) is 1. The van der Waals surface area contributed by atoms with E-state index in [1.165, 1.54) is 6.20 Å². The molecule has 4 rings (SSSR count). The first-order chi connectivity index (χ1) is 14.7. The zero-order valence-corrected chi connectivity index (χ0v) is 18.3. The molecule has 1 amide bonds. The Morgan fingerprint density at radius 2 is 2.10 bits per heavy atom.